The molecule has 0 aliphatic carbocycles. The molecule has 2 heterocycles. The molecule has 1 aliphatic heterocycles. The van der Waals surface area contributed by atoms with Gasteiger partial charge in [-0.15, -0.1) is 0 Å². The lowest BCUT2D eigenvalue weighted by molar-refractivity contribution is -0.385. The van der Waals surface area contributed by atoms with Crippen molar-refractivity contribution in [1.29, 1.82) is 0 Å². The van der Waals surface area contributed by atoms with E-state index in [4.69, 9.17) is 25.8 Å². The Morgan fingerprint density at radius 2 is 2.03 bits per heavy atom. The van der Waals surface area contributed by atoms with Crippen molar-refractivity contribution in [2.24, 2.45) is 0 Å². The Balaban J connectivity index is 1.57. The smallest absolute Gasteiger partial charge is 0.373 e. The fraction of sp³-hybridized carbons (Fsp3) is 0.158. The van der Waals surface area contributed by atoms with Crippen LogP contribution in [0.3, 0.4) is 0 Å². The highest BCUT2D eigenvalue weighted by molar-refractivity contribution is 6.31. The number of fused-ring (bicyclic) bond motifs is 1. The summed E-state index contributed by atoms with van der Waals surface area (Å²) in [6, 6.07) is 10.4. The predicted octanol–water partition coefficient (Wildman–Crippen LogP) is 4.48. The summed E-state index contributed by atoms with van der Waals surface area (Å²) in [5, 5.41) is 15.2. The molecule has 2 aromatic carbocycles. The molecular weight excluding hydrogens is 400 g/mol. The molecule has 0 saturated carbocycles. The average molecular weight is 415 g/mol. The summed E-state index contributed by atoms with van der Waals surface area (Å²) in [7, 11) is 0. The molecule has 3 aromatic rings. The predicted molar refractivity (Wildman–Crippen MR) is 105 cm³/mol. The molecule has 1 aliphatic rings. The Morgan fingerprint density at radius 3 is 2.83 bits per heavy atom. The Morgan fingerprint density at radius 1 is 1.21 bits per heavy atom. The topological polar surface area (TPSA) is 109 Å². The van der Waals surface area contributed by atoms with Crippen molar-refractivity contribution in [2.75, 3.05) is 12.1 Å². The highest BCUT2D eigenvalue weighted by atomic mass is 35.5. The maximum Gasteiger partial charge on any atom is 0.373 e. The van der Waals surface area contributed by atoms with E-state index in [1.807, 2.05) is 13.0 Å². The van der Waals surface area contributed by atoms with E-state index in [2.05, 4.69) is 15.3 Å². The molecular formula is C19H15ClN4O5. The van der Waals surface area contributed by atoms with Gasteiger partial charge in [0.1, 0.15) is 12.1 Å². The van der Waals surface area contributed by atoms with Crippen LogP contribution in [-0.2, 0) is 6.54 Å². The number of halogens is 1. The second-order valence-electron chi connectivity index (χ2n) is 6.19. The standard InChI is InChI=1S/C19H15ClN4O5/c1-11-6-13(3-4-14(11)20)29-19-17(24(25)26)18(22-9-23-19)21-8-12-2-5-15-16(7-12)28-10-27-15/h2-7,9H,8,10H2,1H3,(H,21,22,23). The van der Waals surface area contributed by atoms with Gasteiger partial charge in [-0.25, -0.2) is 4.98 Å². The van der Waals surface area contributed by atoms with E-state index in [-0.39, 0.29) is 30.7 Å². The third kappa shape index (κ3) is 3.99. The highest BCUT2D eigenvalue weighted by Crippen LogP contribution is 2.36. The van der Waals surface area contributed by atoms with Gasteiger partial charge in [-0.1, -0.05) is 17.7 Å². The van der Waals surface area contributed by atoms with Gasteiger partial charge >= 0.3 is 11.6 Å². The number of nitrogens with one attached hydrogen (secondary N) is 1. The van der Waals surface area contributed by atoms with E-state index in [0.29, 0.717) is 22.3 Å². The summed E-state index contributed by atoms with van der Waals surface area (Å²) in [5.41, 5.74) is 1.26. The summed E-state index contributed by atoms with van der Waals surface area (Å²) in [6.45, 7) is 2.27. The van der Waals surface area contributed by atoms with E-state index in [9.17, 15) is 10.1 Å². The first-order valence-corrected chi connectivity index (χ1v) is 8.95. The zero-order valence-electron chi connectivity index (χ0n) is 15.2. The SMILES string of the molecule is Cc1cc(Oc2ncnc(NCc3ccc4c(c3)OCO4)c2[N+](=O)[O-])ccc1Cl. The molecule has 1 aromatic heterocycles. The molecule has 10 heteroatoms. The summed E-state index contributed by atoms with van der Waals surface area (Å²) in [6.07, 6.45) is 1.20. The van der Waals surface area contributed by atoms with Crippen LogP contribution in [0.2, 0.25) is 5.02 Å². The number of hydrogen-bond acceptors (Lipinski definition) is 8. The maximum atomic E-state index is 11.7. The van der Waals surface area contributed by atoms with Gasteiger partial charge in [0.15, 0.2) is 11.5 Å². The second-order valence-corrected chi connectivity index (χ2v) is 6.59. The lowest BCUT2D eigenvalue weighted by Crippen LogP contribution is -2.07. The number of anilines is 1. The number of aromatic nitrogens is 2. The minimum absolute atomic E-state index is 0.0448. The first-order chi connectivity index (χ1) is 14.0. The lowest BCUT2D eigenvalue weighted by Gasteiger charge is -2.10. The van der Waals surface area contributed by atoms with Gasteiger partial charge in [0, 0.05) is 11.6 Å². The number of ether oxygens (including phenoxy) is 3. The van der Waals surface area contributed by atoms with Crippen molar-refractivity contribution in [1.82, 2.24) is 9.97 Å². The molecule has 0 amide bonds. The summed E-state index contributed by atoms with van der Waals surface area (Å²) >= 11 is 6.01. The highest BCUT2D eigenvalue weighted by Gasteiger charge is 2.25. The molecule has 1 N–H and O–H groups in total. The van der Waals surface area contributed by atoms with Gasteiger partial charge in [-0.3, -0.25) is 10.1 Å². The molecule has 0 atom stereocenters. The van der Waals surface area contributed by atoms with Crippen molar-refractivity contribution >= 4 is 23.1 Å². The molecule has 0 radical (unpaired) electrons. The number of rotatable bonds is 6. The Bertz CT molecular complexity index is 1090. The zero-order valence-corrected chi connectivity index (χ0v) is 16.0. The number of aryl methyl sites for hydroxylation is 1. The molecule has 0 bridgehead atoms. The largest absolute Gasteiger partial charge is 0.454 e. The Kier molecular flexibility index (Phi) is 5.05. The molecule has 148 valence electrons. The fourth-order valence-electron chi connectivity index (χ4n) is 2.76. The van der Waals surface area contributed by atoms with Crippen molar-refractivity contribution in [2.45, 2.75) is 13.5 Å². The molecule has 29 heavy (non-hydrogen) atoms. The summed E-state index contributed by atoms with van der Waals surface area (Å²) in [5.74, 6) is 1.55. The number of benzene rings is 2. The molecule has 0 spiro atoms. The van der Waals surface area contributed by atoms with Crippen molar-refractivity contribution in [3.05, 3.63) is 69.0 Å². The zero-order chi connectivity index (χ0) is 20.4. The number of nitrogens with zero attached hydrogens (tertiary/aromatic N) is 3. The van der Waals surface area contributed by atoms with Gasteiger partial charge in [0.05, 0.1) is 4.92 Å². The maximum absolute atomic E-state index is 11.7. The minimum atomic E-state index is -0.583. The van der Waals surface area contributed by atoms with E-state index < -0.39 is 4.92 Å². The number of hydrogen-bond donors (Lipinski definition) is 1. The van der Waals surface area contributed by atoms with E-state index in [1.54, 1.807) is 30.3 Å². The van der Waals surface area contributed by atoms with Crippen LogP contribution >= 0.6 is 11.6 Å². The third-order valence-electron chi connectivity index (χ3n) is 4.21. The van der Waals surface area contributed by atoms with Crippen LogP contribution in [-0.4, -0.2) is 21.7 Å². The molecule has 0 saturated heterocycles. The van der Waals surface area contributed by atoms with Crippen molar-refractivity contribution in [3.63, 3.8) is 0 Å². The van der Waals surface area contributed by atoms with Gasteiger partial charge in [0.2, 0.25) is 12.6 Å². The fourth-order valence-corrected chi connectivity index (χ4v) is 2.88. The molecule has 0 unspecified atom stereocenters. The van der Waals surface area contributed by atoms with Crippen molar-refractivity contribution < 1.29 is 19.1 Å². The second kappa shape index (κ2) is 7.80. The van der Waals surface area contributed by atoms with Gasteiger partial charge in [-0.05, 0) is 48.4 Å². The van der Waals surface area contributed by atoms with Gasteiger partial charge < -0.3 is 19.5 Å². The van der Waals surface area contributed by atoms with Crippen LogP contribution in [0.5, 0.6) is 23.1 Å². The first kappa shape index (κ1) is 18.8. The van der Waals surface area contributed by atoms with Crippen LogP contribution in [0.25, 0.3) is 0 Å². The minimum Gasteiger partial charge on any atom is -0.454 e. The van der Waals surface area contributed by atoms with E-state index >= 15 is 0 Å². The van der Waals surface area contributed by atoms with Gasteiger partial charge in [0.25, 0.3) is 0 Å². The van der Waals surface area contributed by atoms with Crippen LogP contribution < -0.4 is 19.5 Å². The molecule has 0 fully saturated rings. The quantitative estimate of drug-likeness (QED) is 0.464. The number of nitro groups is 1. The summed E-state index contributed by atoms with van der Waals surface area (Å²) in [4.78, 5) is 19.0. The van der Waals surface area contributed by atoms with E-state index in [1.165, 1.54) is 6.33 Å². The Hall–Kier alpha value is -3.59. The monoisotopic (exact) mass is 414 g/mol. The van der Waals surface area contributed by atoms with Crippen molar-refractivity contribution in [3.8, 4) is 23.1 Å². The first-order valence-electron chi connectivity index (χ1n) is 8.57. The van der Waals surface area contributed by atoms with Crippen LogP contribution in [0.1, 0.15) is 11.1 Å². The van der Waals surface area contributed by atoms with E-state index in [0.717, 1.165) is 11.1 Å². The lowest BCUT2D eigenvalue weighted by atomic mass is 10.2. The third-order valence-corrected chi connectivity index (χ3v) is 4.64. The average Bonchev–Trinajstić information content (AvgIpc) is 3.17. The van der Waals surface area contributed by atoms with Gasteiger partial charge in [-0.2, -0.15) is 4.98 Å². The molecule has 4 rings (SSSR count). The normalized spacial score (nSPS) is 11.9. The Labute approximate surface area is 170 Å². The van der Waals surface area contributed by atoms with Crippen LogP contribution in [0, 0.1) is 17.0 Å². The van der Waals surface area contributed by atoms with Crippen LogP contribution in [0.4, 0.5) is 11.5 Å². The summed E-state index contributed by atoms with van der Waals surface area (Å²) < 4.78 is 16.3. The van der Waals surface area contributed by atoms with Crippen LogP contribution in [0.15, 0.2) is 42.7 Å². The molecule has 9 nitrogen and oxygen atoms in total.